The number of para-hydroxylation sites is 1. The van der Waals surface area contributed by atoms with E-state index in [4.69, 9.17) is 4.74 Å². The minimum atomic E-state index is -1.86. The van der Waals surface area contributed by atoms with Gasteiger partial charge < -0.3 is 14.8 Å². The Bertz CT molecular complexity index is 1440. The molecule has 0 saturated carbocycles. The van der Waals surface area contributed by atoms with Gasteiger partial charge in [-0.3, -0.25) is 19.0 Å². The van der Waals surface area contributed by atoms with Crippen LogP contribution in [-0.4, -0.2) is 34.6 Å². The number of rotatable bonds is 6. The number of carbonyl (C=O) groups is 3. The van der Waals surface area contributed by atoms with Gasteiger partial charge in [-0.15, -0.1) is 0 Å². The Kier molecular flexibility index (Phi) is 6.35. The lowest BCUT2D eigenvalue weighted by Gasteiger charge is -2.24. The van der Waals surface area contributed by atoms with E-state index < -0.39 is 76.2 Å². The molecule has 8 nitrogen and oxygen atoms in total. The predicted molar refractivity (Wildman–Crippen MR) is 114 cm³/mol. The third-order valence-electron chi connectivity index (χ3n) is 5.44. The molecule has 1 fully saturated rings. The number of hydrogen-bond donors (Lipinski definition) is 1. The van der Waals surface area contributed by atoms with Gasteiger partial charge >= 0.3 is 6.16 Å². The van der Waals surface area contributed by atoms with Crippen molar-refractivity contribution in [1.29, 1.82) is 0 Å². The molecule has 1 N–H and O–H groups in total. The van der Waals surface area contributed by atoms with E-state index in [-0.39, 0.29) is 5.56 Å². The zero-order valence-corrected chi connectivity index (χ0v) is 18.4. The molecular formula is C24H16F4N2O6. The minimum Gasteiger partial charge on any atom is -0.429 e. The van der Waals surface area contributed by atoms with Crippen molar-refractivity contribution in [2.24, 2.45) is 0 Å². The number of benzene rings is 2. The molecule has 2 atom stereocenters. The molecule has 1 amide bonds. The molecule has 1 aromatic heterocycles. The van der Waals surface area contributed by atoms with Gasteiger partial charge in [-0.2, -0.15) is 0 Å². The Morgan fingerprint density at radius 3 is 2.31 bits per heavy atom. The largest absolute Gasteiger partial charge is 0.509 e. The van der Waals surface area contributed by atoms with E-state index in [2.05, 4.69) is 10.1 Å². The van der Waals surface area contributed by atoms with Gasteiger partial charge in [0.05, 0.1) is 0 Å². The molecule has 2 aromatic carbocycles. The monoisotopic (exact) mass is 504 g/mol. The quantitative estimate of drug-likeness (QED) is 0.314. The van der Waals surface area contributed by atoms with Crippen LogP contribution in [-0.2, 0) is 14.3 Å². The summed E-state index contributed by atoms with van der Waals surface area (Å²) in [4.78, 5) is 50.0. The number of aromatic nitrogens is 1. The van der Waals surface area contributed by atoms with Gasteiger partial charge in [-0.05, 0) is 31.2 Å². The summed E-state index contributed by atoms with van der Waals surface area (Å²) in [6, 6.07) is 5.19. The Labute approximate surface area is 200 Å². The van der Waals surface area contributed by atoms with Gasteiger partial charge in [-0.1, -0.05) is 12.1 Å². The Balaban J connectivity index is 1.78. The first-order chi connectivity index (χ1) is 17.0. The highest BCUT2D eigenvalue weighted by Crippen LogP contribution is 2.26. The Morgan fingerprint density at radius 2 is 1.69 bits per heavy atom. The molecule has 1 aliphatic heterocycles. The maximum absolute atomic E-state index is 14.7. The van der Waals surface area contributed by atoms with E-state index in [1.165, 1.54) is 6.92 Å². The molecule has 36 heavy (non-hydrogen) atoms. The van der Waals surface area contributed by atoms with Gasteiger partial charge in [0.1, 0.15) is 41.6 Å². The van der Waals surface area contributed by atoms with E-state index in [0.717, 1.165) is 48.7 Å². The smallest absolute Gasteiger partial charge is 0.429 e. The summed E-state index contributed by atoms with van der Waals surface area (Å²) in [7, 11) is 0. The summed E-state index contributed by atoms with van der Waals surface area (Å²) in [5.74, 6) is -6.38. The fourth-order valence-electron chi connectivity index (χ4n) is 3.55. The van der Waals surface area contributed by atoms with Gasteiger partial charge in [0.25, 0.3) is 11.5 Å². The number of carbonyl (C=O) groups excluding carboxylic acids is 3. The summed E-state index contributed by atoms with van der Waals surface area (Å²) < 4.78 is 66.8. The van der Waals surface area contributed by atoms with Crippen molar-refractivity contribution < 1.29 is 41.4 Å². The number of cyclic esters (lactones) is 2. The van der Waals surface area contributed by atoms with Gasteiger partial charge in [0.15, 0.2) is 5.78 Å². The van der Waals surface area contributed by atoms with E-state index in [0.29, 0.717) is 10.6 Å². The van der Waals surface area contributed by atoms with Crippen molar-refractivity contribution >= 4 is 17.8 Å². The van der Waals surface area contributed by atoms with E-state index in [9.17, 15) is 36.7 Å². The van der Waals surface area contributed by atoms with Crippen LogP contribution in [0.1, 0.15) is 28.9 Å². The second-order valence-electron chi connectivity index (χ2n) is 8.00. The molecule has 186 valence electrons. The van der Waals surface area contributed by atoms with Crippen LogP contribution >= 0.6 is 0 Å². The first-order valence-corrected chi connectivity index (χ1v) is 10.3. The molecule has 2 heterocycles. The molecular weight excluding hydrogens is 488 g/mol. The third kappa shape index (κ3) is 4.57. The molecule has 1 saturated heterocycles. The summed E-state index contributed by atoms with van der Waals surface area (Å²) in [6.07, 6.45) is -0.310. The SMILES string of the molecule is C[C@@]1(C(=O)NC(C(=O)c2ccc(=O)n(-c3c(F)cccc3F)c2)c2ccc(F)cc2F)COC(=O)O1. The van der Waals surface area contributed by atoms with Crippen LogP contribution in [0, 0.1) is 23.3 Å². The van der Waals surface area contributed by atoms with Crippen LogP contribution in [0.15, 0.2) is 59.5 Å². The Hall–Kier alpha value is -4.48. The number of nitrogens with one attached hydrogen (secondary N) is 1. The molecule has 12 heteroatoms. The number of hydrogen-bond acceptors (Lipinski definition) is 6. The van der Waals surface area contributed by atoms with E-state index in [1.54, 1.807) is 0 Å². The normalized spacial score (nSPS) is 17.8. The maximum Gasteiger partial charge on any atom is 0.509 e. The molecule has 0 spiro atoms. The van der Waals surface area contributed by atoms with Crippen LogP contribution < -0.4 is 10.9 Å². The predicted octanol–water partition coefficient (Wildman–Crippen LogP) is 3.36. The number of pyridine rings is 1. The third-order valence-corrected chi connectivity index (χ3v) is 5.44. The standard InChI is InChI=1S/C24H16F4N2O6/c1-24(11-35-23(34)36-24)22(33)29-19(14-7-6-13(25)9-17(14)28)21(32)12-5-8-18(31)30(10-12)20-15(26)3-2-4-16(20)27/h2-10,19H,11H2,1H3,(H,29,33)/t19?,24-/m0/s1. The highest BCUT2D eigenvalue weighted by Gasteiger charge is 2.46. The van der Waals surface area contributed by atoms with E-state index in [1.807, 2.05) is 0 Å². The fourth-order valence-corrected chi connectivity index (χ4v) is 3.55. The lowest BCUT2D eigenvalue weighted by atomic mass is 9.96. The van der Waals surface area contributed by atoms with Gasteiger partial charge in [0.2, 0.25) is 5.60 Å². The van der Waals surface area contributed by atoms with Gasteiger partial charge in [0, 0.05) is 29.5 Å². The first kappa shape index (κ1) is 24.6. The number of nitrogens with zero attached hydrogens (tertiary/aromatic N) is 1. The summed E-state index contributed by atoms with van der Waals surface area (Å²) in [6.45, 7) is 0.693. The van der Waals surface area contributed by atoms with Crippen molar-refractivity contribution in [3.63, 3.8) is 0 Å². The lowest BCUT2D eigenvalue weighted by Crippen LogP contribution is -2.49. The first-order valence-electron chi connectivity index (χ1n) is 10.3. The molecule has 4 rings (SSSR count). The topological polar surface area (TPSA) is 104 Å². The number of ether oxygens (including phenoxy) is 2. The molecule has 1 unspecified atom stereocenters. The number of halogens is 4. The average molecular weight is 504 g/mol. The van der Waals surface area contributed by atoms with Crippen molar-refractivity contribution in [3.05, 3.63) is 99.5 Å². The average Bonchev–Trinajstić information content (AvgIpc) is 3.18. The van der Waals surface area contributed by atoms with Crippen molar-refractivity contribution in [2.45, 2.75) is 18.6 Å². The molecule has 3 aromatic rings. The maximum atomic E-state index is 14.7. The molecule has 0 bridgehead atoms. The highest BCUT2D eigenvalue weighted by molar-refractivity contribution is 6.03. The summed E-state index contributed by atoms with van der Waals surface area (Å²) in [5.41, 5.74) is -4.31. The lowest BCUT2D eigenvalue weighted by molar-refractivity contribution is -0.135. The molecule has 0 aliphatic carbocycles. The zero-order valence-electron chi connectivity index (χ0n) is 18.4. The van der Waals surface area contributed by atoms with Crippen LogP contribution in [0.3, 0.4) is 0 Å². The van der Waals surface area contributed by atoms with Crippen molar-refractivity contribution in [3.8, 4) is 5.69 Å². The minimum absolute atomic E-state index is 0.351. The Morgan fingerprint density at radius 1 is 1.00 bits per heavy atom. The van der Waals surface area contributed by atoms with Crippen LogP contribution in [0.4, 0.5) is 22.4 Å². The van der Waals surface area contributed by atoms with E-state index >= 15 is 0 Å². The molecule has 1 aliphatic rings. The second-order valence-corrected chi connectivity index (χ2v) is 8.00. The van der Waals surface area contributed by atoms with Crippen molar-refractivity contribution in [2.75, 3.05) is 6.61 Å². The second kappa shape index (κ2) is 9.29. The summed E-state index contributed by atoms with van der Waals surface area (Å²) in [5, 5.41) is 2.25. The molecule has 0 radical (unpaired) electrons. The van der Waals surface area contributed by atoms with Crippen LogP contribution in [0.25, 0.3) is 5.69 Å². The van der Waals surface area contributed by atoms with Gasteiger partial charge in [-0.25, -0.2) is 22.4 Å². The number of amides is 1. The fraction of sp³-hybridized carbons (Fsp3) is 0.167. The van der Waals surface area contributed by atoms with Crippen LogP contribution in [0.2, 0.25) is 0 Å². The number of ketones is 1. The highest BCUT2D eigenvalue weighted by atomic mass is 19.1. The zero-order chi connectivity index (χ0) is 26.2. The summed E-state index contributed by atoms with van der Waals surface area (Å²) >= 11 is 0. The van der Waals surface area contributed by atoms with Crippen molar-refractivity contribution in [1.82, 2.24) is 9.88 Å². The van der Waals surface area contributed by atoms with Crippen LogP contribution in [0.5, 0.6) is 0 Å². The number of Topliss-reactive ketones (excluding diaryl/α,β-unsaturated/α-hetero) is 1.